The third-order valence-corrected chi connectivity index (χ3v) is 6.29. The molecule has 2 atom stereocenters. The molecule has 0 bridgehead atoms. The number of aromatic nitrogens is 3. The Kier molecular flexibility index (Phi) is 8.31. The summed E-state index contributed by atoms with van der Waals surface area (Å²) in [7, 11) is 0. The zero-order chi connectivity index (χ0) is 22.0. The van der Waals surface area contributed by atoms with Gasteiger partial charge in [0, 0.05) is 56.4 Å². The lowest BCUT2D eigenvalue weighted by molar-refractivity contribution is 0.117. The molecule has 168 valence electrons. The number of pyridine rings is 3. The molecule has 0 amide bonds. The second-order valence-corrected chi connectivity index (χ2v) is 8.54. The molecule has 3 heterocycles. The normalized spacial score (nSPS) is 21.0. The molecule has 4 rings (SSSR count). The summed E-state index contributed by atoms with van der Waals surface area (Å²) in [5, 5.41) is 7.56. The second-order valence-electron chi connectivity index (χ2n) is 8.54. The highest BCUT2D eigenvalue weighted by molar-refractivity contribution is 5.06. The molecule has 0 aliphatic heterocycles. The van der Waals surface area contributed by atoms with Gasteiger partial charge in [-0.15, -0.1) is 0 Å². The van der Waals surface area contributed by atoms with Crippen LogP contribution in [-0.2, 0) is 19.6 Å². The van der Waals surface area contributed by atoms with Crippen LogP contribution in [0.15, 0.2) is 73.2 Å². The third-order valence-electron chi connectivity index (χ3n) is 6.29. The van der Waals surface area contributed by atoms with Crippen LogP contribution in [0.1, 0.15) is 43.3 Å². The SMILES string of the molecule is CCN(Cc1ccccn1)C1CC(NCc2ccccn2)CC(NCc2ccccn2)C1. The van der Waals surface area contributed by atoms with Gasteiger partial charge in [0.05, 0.1) is 17.1 Å². The van der Waals surface area contributed by atoms with Crippen LogP contribution in [0.3, 0.4) is 0 Å². The van der Waals surface area contributed by atoms with Crippen LogP contribution >= 0.6 is 0 Å². The summed E-state index contributed by atoms with van der Waals surface area (Å²) < 4.78 is 0. The van der Waals surface area contributed by atoms with Crippen molar-refractivity contribution >= 4 is 0 Å². The number of nitrogens with zero attached hydrogens (tertiary/aromatic N) is 4. The van der Waals surface area contributed by atoms with E-state index in [1.54, 1.807) is 0 Å². The highest BCUT2D eigenvalue weighted by Gasteiger charge is 2.31. The van der Waals surface area contributed by atoms with E-state index in [2.05, 4.69) is 73.8 Å². The third kappa shape index (κ3) is 6.66. The zero-order valence-electron chi connectivity index (χ0n) is 18.9. The predicted octanol–water partition coefficient (Wildman–Crippen LogP) is 3.56. The van der Waals surface area contributed by atoms with Crippen LogP contribution in [0.2, 0.25) is 0 Å². The fraction of sp³-hybridized carbons (Fsp3) is 0.423. The predicted molar refractivity (Wildman–Crippen MR) is 128 cm³/mol. The Balaban J connectivity index is 1.42. The van der Waals surface area contributed by atoms with Crippen molar-refractivity contribution in [3.63, 3.8) is 0 Å². The highest BCUT2D eigenvalue weighted by Crippen LogP contribution is 2.25. The Morgan fingerprint density at radius 1 is 0.719 bits per heavy atom. The molecular weight excluding hydrogens is 396 g/mol. The van der Waals surface area contributed by atoms with Crippen LogP contribution in [0.4, 0.5) is 0 Å². The Bertz CT molecular complexity index is 854. The number of hydrogen-bond acceptors (Lipinski definition) is 6. The fourth-order valence-electron chi connectivity index (χ4n) is 4.62. The molecule has 2 N–H and O–H groups in total. The summed E-state index contributed by atoms with van der Waals surface area (Å²) in [5.41, 5.74) is 3.32. The van der Waals surface area contributed by atoms with Crippen molar-refractivity contribution in [2.45, 2.75) is 63.9 Å². The van der Waals surface area contributed by atoms with Crippen molar-refractivity contribution in [3.05, 3.63) is 90.3 Å². The van der Waals surface area contributed by atoms with Crippen molar-refractivity contribution in [2.75, 3.05) is 6.54 Å². The Hall–Kier alpha value is -2.67. The van der Waals surface area contributed by atoms with Crippen molar-refractivity contribution in [1.29, 1.82) is 0 Å². The van der Waals surface area contributed by atoms with Crippen LogP contribution in [0.5, 0.6) is 0 Å². The first kappa shape index (κ1) is 22.5. The van der Waals surface area contributed by atoms with E-state index in [0.29, 0.717) is 18.1 Å². The lowest BCUT2D eigenvalue weighted by Crippen LogP contribution is -2.51. The molecule has 6 nitrogen and oxygen atoms in total. The maximum Gasteiger partial charge on any atom is 0.0544 e. The van der Waals surface area contributed by atoms with Gasteiger partial charge in [-0.05, 0) is 62.2 Å². The van der Waals surface area contributed by atoms with Gasteiger partial charge in [-0.3, -0.25) is 19.9 Å². The van der Waals surface area contributed by atoms with Crippen molar-refractivity contribution < 1.29 is 0 Å². The first-order valence-corrected chi connectivity index (χ1v) is 11.7. The van der Waals surface area contributed by atoms with Gasteiger partial charge in [0.15, 0.2) is 0 Å². The van der Waals surface area contributed by atoms with E-state index in [9.17, 15) is 0 Å². The summed E-state index contributed by atoms with van der Waals surface area (Å²) in [6.45, 7) is 5.77. The van der Waals surface area contributed by atoms with Gasteiger partial charge in [0.25, 0.3) is 0 Å². The topological polar surface area (TPSA) is 66.0 Å². The molecule has 0 spiro atoms. The summed E-state index contributed by atoms with van der Waals surface area (Å²) in [4.78, 5) is 16.1. The monoisotopic (exact) mass is 430 g/mol. The Morgan fingerprint density at radius 2 is 1.22 bits per heavy atom. The molecule has 0 saturated heterocycles. The minimum Gasteiger partial charge on any atom is -0.308 e. The summed E-state index contributed by atoms with van der Waals surface area (Å²) in [5.74, 6) is 0. The lowest BCUT2D eigenvalue weighted by Gasteiger charge is -2.41. The summed E-state index contributed by atoms with van der Waals surface area (Å²) in [6.07, 6.45) is 8.99. The molecule has 6 heteroatoms. The molecule has 1 aliphatic carbocycles. The van der Waals surface area contributed by atoms with Crippen LogP contribution in [0.25, 0.3) is 0 Å². The Labute approximate surface area is 191 Å². The maximum absolute atomic E-state index is 4.56. The van der Waals surface area contributed by atoms with E-state index in [1.807, 2.05) is 36.8 Å². The van der Waals surface area contributed by atoms with Crippen LogP contribution < -0.4 is 10.6 Å². The van der Waals surface area contributed by atoms with Gasteiger partial charge >= 0.3 is 0 Å². The van der Waals surface area contributed by atoms with Crippen molar-refractivity contribution in [3.8, 4) is 0 Å². The van der Waals surface area contributed by atoms with Gasteiger partial charge in [-0.2, -0.15) is 0 Å². The van der Waals surface area contributed by atoms with Gasteiger partial charge < -0.3 is 10.6 Å². The minimum atomic E-state index is 0.440. The van der Waals surface area contributed by atoms with Crippen molar-refractivity contribution in [2.24, 2.45) is 0 Å². The van der Waals surface area contributed by atoms with Gasteiger partial charge in [0.2, 0.25) is 0 Å². The summed E-state index contributed by atoms with van der Waals surface area (Å²) >= 11 is 0. The molecule has 2 unspecified atom stereocenters. The highest BCUT2D eigenvalue weighted by atomic mass is 15.2. The molecule has 1 aliphatic rings. The molecule has 1 saturated carbocycles. The maximum atomic E-state index is 4.56. The van der Waals surface area contributed by atoms with Gasteiger partial charge in [-0.1, -0.05) is 25.1 Å². The minimum absolute atomic E-state index is 0.440. The van der Waals surface area contributed by atoms with Crippen LogP contribution in [-0.4, -0.2) is 44.5 Å². The fourth-order valence-corrected chi connectivity index (χ4v) is 4.62. The van der Waals surface area contributed by atoms with E-state index in [-0.39, 0.29) is 0 Å². The van der Waals surface area contributed by atoms with Gasteiger partial charge in [-0.25, -0.2) is 0 Å². The first-order valence-electron chi connectivity index (χ1n) is 11.7. The smallest absolute Gasteiger partial charge is 0.0544 e. The number of nitrogens with one attached hydrogen (secondary N) is 2. The lowest BCUT2D eigenvalue weighted by atomic mass is 9.85. The average Bonchev–Trinajstić information content (AvgIpc) is 2.86. The van der Waals surface area contributed by atoms with Crippen molar-refractivity contribution in [1.82, 2.24) is 30.5 Å². The largest absolute Gasteiger partial charge is 0.308 e. The summed E-state index contributed by atoms with van der Waals surface area (Å²) in [6, 6.07) is 19.8. The molecule has 3 aromatic heterocycles. The average molecular weight is 431 g/mol. The zero-order valence-corrected chi connectivity index (χ0v) is 18.9. The molecule has 3 aromatic rings. The number of rotatable bonds is 10. The quantitative estimate of drug-likeness (QED) is 0.513. The van der Waals surface area contributed by atoms with Gasteiger partial charge in [0.1, 0.15) is 0 Å². The first-order chi connectivity index (χ1) is 15.8. The molecule has 1 fully saturated rings. The molecular formula is C26H34N6. The van der Waals surface area contributed by atoms with E-state index in [4.69, 9.17) is 0 Å². The van der Waals surface area contributed by atoms with Crippen LogP contribution in [0, 0.1) is 0 Å². The van der Waals surface area contributed by atoms with E-state index in [1.165, 1.54) is 0 Å². The molecule has 0 aromatic carbocycles. The number of hydrogen-bond donors (Lipinski definition) is 2. The van der Waals surface area contributed by atoms with E-state index in [0.717, 1.165) is 62.5 Å². The van der Waals surface area contributed by atoms with E-state index < -0.39 is 0 Å². The second kappa shape index (κ2) is 11.8. The Morgan fingerprint density at radius 3 is 1.66 bits per heavy atom. The van der Waals surface area contributed by atoms with E-state index >= 15 is 0 Å². The molecule has 0 radical (unpaired) electrons. The molecule has 32 heavy (non-hydrogen) atoms. The standard InChI is InChI=1S/C26H34N6/c1-2-32(20-23-11-5-8-14-29-23)26-16-24(30-18-21-9-3-6-12-27-21)15-25(17-26)31-19-22-10-4-7-13-28-22/h3-14,24-26,30-31H,2,15-20H2,1H3.